The Hall–Kier alpha value is -1.91. The van der Waals surface area contributed by atoms with Crippen molar-refractivity contribution in [2.24, 2.45) is 0 Å². The summed E-state index contributed by atoms with van der Waals surface area (Å²) in [6.45, 7) is 0. The first-order valence-electron chi connectivity index (χ1n) is 6.58. The summed E-state index contributed by atoms with van der Waals surface area (Å²) >= 11 is 5.88. The number of aliphatic hydroxyl groups is 1. The zero-order valence-electron chi connectivity index (χ0n) is 11.0. The summed E-state index contributed by atoms with van der Waals surface area (Å²) in [6.07, 6.45) is -0.261. The molecule has 3 rings (SSSR count). The van der Waals surface area contributed by atoms with E-state index in [0.717, 1.165) is 11.1 Å². The van der Waals surface area contributed by atoms with Gasteiger partial charge in [-0.2, -0.15) is 0 Å². The summed E-state index contributed by atoms with van der Waals surface area (Å²) in [5.74, 6) is -1.31. The van der Waals surface area contributed by atoms with E-state index in [1.165, 1.54) is 18.2 Å². The van der Waals surface area contributed by atoms with Gasteiger partial charge in [0.1, 0.15) is 5.82 Å². The maximum absolute atomic E-state index is 13.8. The van der Waals surface area contributed by atoms with Crippen molar-refractivity contribution in [1.29, 1.82) is 0 Å². The second-order valence-corrected chi connectivity index (χ2v) is 5.43. The van der Waals surface area contributed by atoms with Gasteiger partial charge in [0.05, 0.1) is 22.7 Å². The van der Waals surface area contributed by atoms with Crippen LogP contribution in [0.4, 0.5) is 4.39 Å². The van der Waals surface area contributed by atoms with Crippen molar-refractivity contribution in [3.05, 3.63) is 70.0 Å². The first kappa shape index (κ1) is 14.0. The van der Waals surface area contributed by atoms with Gasteiger partial charge in [-0.05, 0) is 23.3 Å². The highest BCUT2D eigenvalue weighted by molar-refractivity contribution is 6.33. The van der Waals surface area contributed by atoms with Crippen LogP contribution in [0.25, 0.3) is 0 Å². The molecule has 0 unspecified atom stereocenters. The molecule has 0 saturated carbocycles. The third-order valence-electron chi connectivity index (χ3n) is 3.68. The highest BCUT2D eigenvalue weighted by atomic mass is 35.5. The lowest BCUT2D eigenvalue weighted by Crippen LogP contribution is -2.34. The van der Waals surface area contributed by atoms with Crippen LogP contribution in [0.15, 0.2) is 42.5 Å². The molecular formula is C16H13ClFNO2. The molecule has 0 aromatic heterocycles. The number of halogens is 2. The molecule has 0 saturated heterocycles. The van der Waals surface area contributed by atoms with E-state index in [-0.39, 0.29) is 10.6 Å². The van der Waals surface area contributed by atoms with Gasteiger partial charge in [-0.15, -0.1) is 0 Å². The Morgan fingerprint density at radius 1 is 1.24 bits per heavy atom. The third kappa shape index (κ3) is 2.52. The molecule has 0 radical (unpaired) electrons. The van der Waals surface area contributed by atoms with Crippen molar-refractivity contribution >= 4 is 17.5 Å². The van der Waals surface area contributed by atoms with Gasteiger partial charge in [-0.3, -0.25) is 4.79 Å². The summed E-state index contributed by atoms with van der Waals surface area (Å²) in [5.41, 5.74) is 1.64. The first-order valence-corrected chi connectivity index (χ1v) is 6.96. The van der Waals surface area contributed by atoms with Crippen LogP contribution in [0.2, 0.25) is 5.02 Å². The molecule has 2 atom stereocenters. The lowest BCUT2D eigenvalue weighted by molar-refractivity contribution is 0.0854. The summed E-state index contributed by atoms with van der Waals surface area (Å²) in [6, 6.07) is 11.0. The zero-order valence-corrected chi connectivity index (χ0v) is 11.8. The van der Waals surface area contributed by atoms with Crippen molar-refractivity contribution < 1.29 is 14.3 Å². The molecule has 5 heteroatoms. The van der Waals surface area contributed by atoms with Crippen molar-refractivity contribution in [1.82, 2.24) is 5.32 Å². The quantitative estimate of drug-likeness (QED) is 0.896. The molecule has 0 heterocycles. The normalized spacial score (nSPS) is 20.1. The largest absolute Gasteiger partial charge is 0.390 e. The Morgan fingerprint density at radius 3 is 2.76 bits per heavy atom. The average Bonchev–Trinajstić information content (AvgIpc) is 2.75. The molecule has 1 aliphatic carbocycles. The van der Waals surface area contributed by atoms with E-state index in [0.29, 0.717) is 6.42 Å². The number of carbonyl (C=O) groups is 1. The fourth-order valence-corrected chi connectivity index (χ4v) is 2.92. The number of rotatable bonds is 2. The number of hydrogen-bond acceptors (Lipinski definition) is 2. The van der Waals surface area contributed by atoms with Crippen molar-refractivity contribution in [2.45, 2.75) is 18.6 Å². The van der Waals surface area contributed by atoms with Crippen LogP contribution < -0.4 is 5.32 Å². The molecule has 108 valence electrons. The van der Waals surface area contributed by atoms with E-state index in [2.05, 4.69) is 5.32 Å². The maximum Gasteiger partial charge on any atom is 0.256 e. The van der Waals surface area contributed by atoms with E-state index in [1.807, 2.05) is 24.3 Å². The smallest absolute Gasteiger partial charge is 0.256 e. The van der Waals surface area contributed by atoms with Crippen LogP contribution >= 0.6 is 11.6 Å². The van der Waals surface area contributed by atoms with Crippen LogP contribution in [0.3, 0.4) is 0 Å². The maximum atomic E-state index is 13.8. The second-order valence-electron chi connectivity index (χ2n) is 5.02. The van der Waals surface area contributed by atoms with Gasteiger partial charge >= 0.3 is 0 Å². The summed E-state index contributed by atoms with van der Waals surface area (Å²) < 4.78 is 13.8. The Kier molecular flexibility index (Phi) is 3.66. The Bertz CT molecular complexity index is 684. The Balaban J connectivity index is 1.89. The average molecular weight is 306 g/mol. The molecule has 1 amide bonds. The predicted octanol–water partition coefficient (Wildman–Crippen LogP) is 2.87. The molecule has 0 aliphatic heterocycles. The molecule has 2 N–H and O–H groups in total. The summed E-state index contributed by atoms with van der Waals surface area (Å²) in [4.78, 5) is 12.3. The van der Waals surface area contributed by atoms with Crippen molar-refractivity contribution in [3.8, 4) is 0 Å². The van der Waals surface area contributed by atoms with Crippen LogP contribution in [0, 0.1) is 5.82 Å². The monoisotopic (exact) mass is 305 g/mol. The fraction of sp³-hybridized carbons (Fsp3) is 0.188. The molecule has 3 nitrogen and oxygen atoms in total. The summed E-state index contributed by atoms with van der Waals surface area (Å²) in [5, 5.41) is 12.8. The van der Waals surface area contributed by atoms with Gasteiger partial charge in [-0.1, -0.05) is 41.9 Å². The molecule has 21 heavy (non-hydrogen) atoms. The van der Waals surface area contributed by atoms with E-state index in [9.17, 15) is 14.3 Å². The number of amides is 1. The molecule has 0 spiro atoms. The number of aliphatic hydroxyl groups excluding tert-OH is 1. The van der Waals surface area contributed by atoms with Crippen LogP contribution in [-0.2, 0) is 6.42 Å². The standard InChI is InChI=1S/C16H13ClFNO2/c17-11-6-3-7-12(18)14(11)16(21)19-15-10-5-2-1-4-9(10)8-13(15)20/h1-7,13,15,20H,8H2,(H,19,21)/t13-,15+/m0/s1. The second kappa shape index (κ2) is 5.47. The minimum Gasteiger partial charge on any atom is -0.390 e. The summed E-state index contributed by atoms with van der Waals surface area (Å²) in [7, 11) is 0. The molecule has 1 aliphatic rings. The molecule has 2 aromatic rings. The van der Waals surface area contributed by atoms with E-state index in [4.69, 9.17) is 11.6 Å². The minimum absolute atomic E-state index is 0.0493. The lowest BCUT2D eigenvalue weighted by Gasteiger charge is -2.18. The first-order chi connectivity index (χ1) is 10.1. The van der Waals surface area contributed by atoms with Crippen LogP contribution in [0.1, 0.15) is 27.5 Å². The zero-order chi connectivity index (χ0) is 15.0. The van der Waals surface area contributed by atoms with Crippen molar-refractivity contribution in [3.63, 3.8) is 0 Å². The number of fused-ring (bicyclic) bond motifs is 1. The van der Waals surface area contributed by atoms with Gasteiger partial charge in [0, 0.05) is 6.42 Å². The third-order valence-corrected chi connectivity index (χ3v) is 4.00. The van der Waals surface area contributed by atoms with Gasteiger partial charge in [-0.25, -0.2) is 4.39 Å². The minimum atomic E-state index is -0.725. The number of benzene rings is 2. The van der Waals surface area contributed by atoms with E-state index >= 15 is 0 Å². The fourth-order valence-electron chi connectivity index (χ4n) is 2.68. The van der Waals surface area contributed by atoms with Crippen LogP contribution in [0.5, 0.6) is 0 Å². The van der Waals surface area contributed by atoms with Crippen molar-refractivity contribution in [2.75, 3.05) is 0 Å². The lowest BCUT2D eigenvalue weighted by atomic mass is 10.1. The molecule has 0 fully saturated rings. The number of nitrogens with one attached hydrogen (secondary N) is 1. The van der Waals surface area contributed by atoms with E-state index in [1.54, 1.807) is 0 Å². The van der Waals surface area contributed by atoms with Gasteiger partial charge in [0.25, 0.3) is 5.91 Å². The highest BCUT2D eigenvalue weighted by Gasteiger charge is 2.32. The molecule has 2 aromatic carbocycles. The molecular weight excluding hydrogens is 293 g/mol. The van der Waals surface area contributed by atoms with Gasteiger partial charge in [0.15, 0.2) is 0 Å². The topological polar surface area (TPSA) is 49.3 Å². The Morgan fingerprint density at radius 2 is 2.00 bits per heavy atom. The SMILES string of the molecule is O=C(N[C@@H]1c2ccccc2C[C@@H]1O)c1c(F)cccc1Cl. The van der Waals surface area contributed by atoms with Gasteiger partial charge in [0.2, 0.25) is 0 Å². The highest BCUT2D eigenvalue weighted by Crippen LogP contribution is 2.32. The van der Waals surface area contributed by atoms with Crippen LogP contribution in [-0.4, -0.2) is 17.1 Å². The number of carbonyl (C=O) groups excluding carboxylic acids is 1. The predicted molar refractivity (Wildman–Crippen MR) is 77.8 cm³/mol. The molecule has 0 bridgehead atoms. The van der Waals surface area contributed by atoms with Gasteiger partial charge < -0.3 is 10.4 Å². The van der Waals surface area contributed by atoms with E-state index < -0.39 is 23.9 Å². The number of hydrogen-bond donors (Lipinski definition) is 2. The Labute approximate surface area is 126 Å².